The molecule has 0 saturated carbocycles. The van der Waals surface area contributed by atoms with Crippen molar-refractivity contribution < 1.29 is 17.6 Å². The van der Waals surface area contributed by atoms with E-state index in [0.717, 1.165) is 6.07 Å². The number of carbonyl (C=O) groups is 1. The van der Waals surface area contributed by atoms with Crippen LogP contribution in [0.15, 0.2) is 34.5 Å². The highest BCUT2D eigenvalue weighted by molar-refractivity contribution is 7.89. The number of halogens is 2. The number of hydrogen-bond donors (Lipinski definition) is 2. The van der Waals surface area contributed by atoms with E-state index in [-0.39, 0.29) is 36.3 Å². The van der Waals surface area contributed by atoms with Gasteiger partial charge in [0.2, 0.25) is 10.0 Å². The maximum absolute atomic E-state index is 13.3. The Hall–Kier alpha value is -1.59. The van der Waals surface area contributed by atoms with Gasteiger partial charge in [-0.25, -0.2) is 22.5 Å². The predicted octanol–water partition coefficient (Wildman–Crippen LogP) is 1.75. The Balaban J connectivity index is 0.00000261. The van der Waals surface area contributed by atoms with Gasteiger partial charge in [0, 0.05) is 31.1 Å². The number of hydrogen-bond acceptors (Lipinski definition) is 6. The van der Waals surface area contributed by atoms with Gasteiger partial charge in [-0.2, -0.15) is 0 Å². The van der Waals surface area contributed by atoms with Crippen LogP contribution in [0.4, 0.5) is 4.39 Å². The fourth-order valence-electron chi connectivity index (χ4n) is 2.84. The van der Waals surface area contributed by atoms with E-state index < -0.39 is 21.9 Å². The van der Waals surface area contributed by atoms with Crippen LogP contribution in [0.3, 0.4) is 0 Å². The monoisotopic (exact) mass is 434 g/mol. The summed E-state index contributed by atoms with van der Waals surface area (Å²) < 4.78 is 40.7. The van der Waals surface area contributed by atoms with Gasteiger partial charge in [-0.05, 0) is 31.0 Å². The highest BCUT2D eigenvalue weighted by Gasteiger charge is 2.29. The summed E-state index contributed by atoms with van der Waals surface area (Å²) in [5.74, 6) is -0.858. The van der Waals surface area contributed by atoms with Gasteiger partial charge in [0.05, 0.1) is 4.90 Å². The number of rotatable bonds is 5. The molecule has 2 aromatic rings. The summed E-state index contributed by atoms with van der Waals surface area (Å²) in [4.78, 5) is 18.2. The van der Waals surface area contributed by atoms with Gasteiger partial charge in [0.15, 0.2) is 0 Å². The largest absolute Gasteiger partial charge is 0.336 e. The first kappa shape index (κ1) is 21.7. The zero-order chi connectivity index (χ0) is 18.7. The smallest absolute Gasteiger partial charge is 0.273 e. The summed E-state index contributed by atoms with van der Waals surface area (Å²) in [7, 11) is -3.85. The van der Waals surface area contributed by atoms with Crippen molar-refractivity contribution in [3.63, 3.8) is 0 Å². The number of likely N-dealkylation sites (tertiary alicyclic amines) is 1. The lowest BCUT2D eigenvalue weighted by molar-refractivity contribution is 0.0697. The Morgan fingerprint density at radius 2 is 2.22 bits per heavy atom. The highest BCUT2D eigenvalue weighted by atomic mass is 35.5. The molecule has 1 aliphatic rings. The third-order valence-corrected chi connectivity index (χ3v) is 6.47. The van der Waals surface area contributed by atoms with Gasteiger partial charge < -0.3 is 10.6 Å². The molecule has 0 radical (unpaired) electrons. The van der Waals surface area contributed by atoms with Gasteiger partial charge in [-0.1, -0.05) is 6.07 Å². The molecule has 7 nitrogen and oxygen atoms in total. The number of aromatic nitrogens is 1. The van der Waals surface area contributed by atoms with Crippen molar-refractivity contribution in [2.45, 2.75) is 30.3 Å². The number of carbonyl (C=O) groups excluding carboxylic acids is 1. The van der Waals surface area contributed by atoms with Crippen molar-refractivity contribution in [3.8, 4) is 0 Å². The van der Waals surface area contributed by atoms with E-state index in [1.807, 2.05) is 0 Å². The molecule has 0 spiro atoms. The van der Waals surface area contributed by atoms with Crippen LogP contribution in [0, 0.1) is 5.82 Å². The van der Waals surface area contributed by atoms with Crippen LogP contribution in [0.25, 0.3) is 0 Å². The van der Waals surface area contributed by atoms with Gasteiger partial charge in [-0.3, -0.25) is 4.79 Å². The maximum Gasteiger partial charge on any atom is 0.273 e. The lowest BCUT2D eigenvalue weighted by Crippen LogP contribution is -2.49. The average molecular weight is 435 g/mol. The van der Waals surface area contributed by atoms with Crippen molar-refractivity contribution in [1.82, 2.24) is 14.6 Å². The maximum atomic E-state index is 13.3. The van der Waals surface area contributed by atoms with Crippen molar-refractivity contribution in [1.29, 1.82) is 0 Å². The van der Waals surface area contributed by atoms with E-state index in [0.29, 0.717) is 30.1 Å². The molecule has 3 rings (SSSR count). The summed E-state index contributed by atoms with van der Waals surface area (Å²) >= 11 is 1.32. The number of nitrogens with two attached hydrogens (primary N) is 1. The average Bonchev–Trinajstić information content (AvgIpc) is 3.10. The van der Waals surface area contributed by atoms with Crippen molar-refractivity contribution >= 4 is 39.7 Å². The number of nitrogens with one attached hydrogen (secondary N) is 1. The molecule has 1 atom stereocenters. The zero-order valence-corrected chi connectivity index (χ0v) is 16.7. The summed E-state index contributed by atoms with van der Waals surface area (Å²) in [6.45, 7) is 1.05. The Morgan fingerprint density at radius 3 is 2.89 bits per heavy atom. The fraction of sp³-hybridized carbons (Fsp3) is 0.375. The number of nitrogens with zero attached hydrogens (tertiary/aromatic N) is 2. The van der Waals surface area contributed by atoms with E-state index in [9.17, 15) is 17.6 Å². The zero-order valence-electron chi connectivity index (χ0n) is 14.3. The molecule has 1 aliphatic heterocycles. The molecule has 1 aromatic heterocycles. The third-order valence-electron chi connectivity index (χ3n) is 4.08. The molecular formula is C16H20ClFN4O3S2. The number of amides is 1. The van der Waals surface area contributed by atoms with Gasteiger partial charge >= 0.3 is 0 Å². The first-order valence-corrected chi connectivity index (χ1v) is 10.5. The Kier molecular flexibility index (Phi) is 7.29. The van der Waals surface area contributed by atoms with Crippen molar-refractivity contribution in [2.24, 2.45) is 5.73 Å². The van der Waals surface area contributed by atoms with Crippen LogP contribution in [0.1, 0.15) is 28.3 Å². The molecule has 1 aromatic carbocycles. The van der Waals surface area contributed by atoms with E-state index >= 15 is 0 Å². The second-order valence-electron chi connectivity index (χ2n) is 6.00. The summed E-state index contributed by atoms with van der Waals surface area (Å²) in [6.07, 6.45) is 1.26. The topological polar surface area (TPSA) is 105 Å². The Morgan fingerprint density at radius 1 is 1.44 bits per heavy atom. The normalized spacial score (nSPS) is 17.4. The SMILES string of the molecule is Cl.NCc1nc(C(=O)N2CCCC(NS(=O)(=O)c3cccc(F)c3)C2)cs1. The fourth-order valence-corrected chi connectivity index (χ4v) is 4.79. The minimum atomic E-state index is -3.85. The molecule has 2 heterocycles. The Labute approximate surface area is 167 Å². The van der Waals surface area contributed by atoms with Crippen molar-refractivity contribution in [3.05, 3.63) is 46.2 Å². The minimum absolute atomic E-state index is 0. The standard InChI is InChI=1S/C16H19FN4O3S2.ClH/c17-11-3-1-5-13(7-11)26(23,24)20-12-4-2-6-21(9-12)16(22)14-10-25-15(8-18)19-14;/h1,3,5,7,10,12,20H,2,4,6,8-9,18H2;1H. The van der Waals surface area contributed by atoms with Crippen LogP contribution >= 0.6 is 23.7 Å². The lowest BCUT2D eigenvalue weighted by Gasteiger charge is -2.32. The van der Waals surface area contributed by atoms with Gasteiger partial charge in [0.25, 0.3) is 5.91 Å². The van der Waals surface area contributed by atoms with Crippen LogP contribution in [0.2, 0.25) is 0 Å². The number of thiazole rings is 1. The van der Waals surface area contributed by atoms with Crippen LogP contribution in [-0.2, 0) is 16.6 Å². The molecule has 3 N–H and O–H groups in total. The van der Waals surface area contributed by atoms with Crippen LogP contribution in [-0.4, -0.2) is 43.3 Å². The molecule has 1 unspecified atom stereocenters. The first-order valence-electron chi connectivity index (χ1n) is 8.10. The summed E-state index contributed by atoms with van der Waals surface area (Å²) in [5, 5.41) is 2.33. The molecule has 0 aliphatic carbocycles. The minimum Gasteiger partial charge on any atom is -0.336 e. The molecule has 0 bridgehead atoms. The third kappa shape index (κ3) is 5.23. The molecular weight excluding hydrogens is 415 g/mol. The van der Waals surface area contributed by atoms with Gasteiger partial charge in [0.1, 0.15) is 16.5 Å². The highest BCUT2D eigenvalue weighted by Crippen LogP contribution is 2.18. The second-order valence-corrected chi connectivity index (χ2v) is 8.66. The van der Waals surface area contributed by atoms with Crippen molar-refractivity contribution in [2.75, 3.05) is 13.1 Å². The van der Waals surface area contributed by atoms with E-state index in [1.54, 1.807) is 10.3 Å². The molecule has 148 valence electrons. The van der Waals surface area contributed by atoms with Gasteiger partial charge in [-0.15, -0.1) is 23.7 Å². The second kappa shape index (κ2) is 9.07. The van der Waals surface area contributed by atoms with Crippen LogP contribution < -0.4 is 10.5 Å². The molecule has 27 heavy (non-hydrogen) atoms. The predicted molar refractivity (Wildman–Crippen MR) is 103 cm³/mol. The molecule has 11 heteroatoms. The molecule has 1 amide bonds. The van der Waals surface area contributed by atoms with Crippen LogP contribution in [0.5, 0.6) is 0 Å². The lowest BCUT2D eigenvalue weighted by atomic mass is 10.1. The summed E-state index contributed by atoms with van der Waals surface area (Å²) in [5.41, 5.74) is 5.84. The summed E-state index contributed by atoms with van der Waals surface area (Å²) in [6, 6.07) is 4.40. The molecule has 1 saturated heterocycles. The quantitative estimate of drug-likeness (QED) is 0.745. The first-order chi connectivity index (χ1) is 12.4. The number of sulfonamides is 1. The van der Waals surface area contributed by atoms with E-state index in [2.05, 4.69) is 9.71 Å². The number of piperidine rings is 1. The van der Waals surface area contributed by atoms with E-state index in [1.165, 1.54) is 29.5 Å². The Bertz CT molecular complexity index is 907. The van der Waals surface area contributed by atoms with E-state index in [4.69, 9.17) is 5.73 Å². The molecule has 1 fully saturated rings. The number of benzene rings is 1.